The molecule has 0 aromatic heterocycles. The maximum Gasteiger partial charge on any atom is 0.252 e. The Morgan fingerprint density at radius 2 is 2.04 bits per heavy atom. The van der Waals surface area contributed by atoms with Crippen LogP contribution in [-0.4, -0.2) is 29.3 Å². The highest BCUT2D eigenvalue weighted by molar-refractivity contribution is 5.95. The summed E-state index contributed by atoms with van der Waals surface area (Å²) in [7, 11) is 1.82. The second kappa shape index (κ2) is 7.49. The average Bonchev–Trinajstić information content (AvgIpc) is 2.56. The Kier molecular flexibility index (Phi) is 5.16. The van der Waals surface area contributed by atoms with Gasteiger partial charge in [0.15, 0.2) is 0 Å². The van der Waals surface area contributed by atoms with Gasteiger partial charge >= 0.3 is 0 Å². The molecule has 3 nitrogen and oxygen atoms in total. The third-order valence-corrected chi connectivity index (χ3v) is 4.55. The number of amides is 1. The molecule has 0 saturated carbocycles. The number of benzene rings is 1. The third-order valence-electron chi connectivity index (χ3n) is 4.55. The van der Waals surface area contributed by atoms with E-state index in [1.165, 1.54) is 0 Å². The molecular formula is C20H28N2O. The molecule has 0 aliphatic carbocycles. The largest absolute Gasteiger partial charge is 0.352 e. The fraction of sp³-hybridized carbons (Fsp3) is 0.450. The lowest BCUT2D eigenvalue weighted by atomic mass is 9.93. The van der Waals surface area contributed by atoms with E-state index in [-0.39, 0.29) is 11.9 Å². The summed E-state index contributed by atoms with van der Waals surface area (Å²) in [5.41, 5.74) is 2.53. The number of allylic oxidation sites excluding steroid dienone is 2. The lowest BCUT2D eigenvalue weighted by molar-refractivity contribution is -0.128. The van der Waals surface area contributed by atoms with E-state index in [2.05, 4.69) is 11.8 Å². The van der Waals surface area contributed by atoms with Crippen LogP contribution in [0, 0.1) is 5.89 Å². The van der Waals surface area contributed by atoms with Crippen molar-refractivity contribution in [1.29, 1.82) is 0 Å². The molecule has 1 heterocycles. The zero-order valence-electron chi connectivity index (χ0n) is 15.8. The van der Waals surface area contributed by atoms with Crippen molar-refractivity contribution >= 4 is 5.91 Å². The zero-order valence-corrected chi connectivity index (χ0v) is 14.8. The summed E-state index contributed by atoms with van der Waals surface area (Å²) in [6, 6.07) is 9.95. The van der Waals surface area contributed by atoms with Crippen LogP contribution in [0.2, 0.25) is 0 Å². The number of hydrogen-bond acceptors (Lipinski definition) is 2. The first-order valence-corrected chi connectivity index (χ1v) is 8.29. The highest BCUT2D eigenvalue weighted by Crippen LogP contribution is 2.29. The monoisotopic (exact) mass is 313 g/mol. The van der Waals surface area contributed by atoms with Gasteiger partial charge < -0.3 is 9.80 Å². The quantitative estimate of drug-likeness (QED) is 0.806. The first-order chi connectivity index (χ1) is 11.3. The number of nitrogens with zero attached hydrogens (tertiary/aromatic N) is 2. The number of carbonyl (C=O) groups is 1. The molecule has 0 spiro atoms. The van der Waals surface area contributed by atoms with Crippen molar-refractivity contribution in [1.82, 2.24) is 9.80 Å². The molecule has 3 heteroatoms. The van der Waals surface area contributed by atoms with Crippen LogP contribution in [0.15, 0.2) is 53.9 Å². The number of carbonyl (C=O) groups excluding carboxylic acids is 1. The summed E-state index contributed by atoms with van der Waals surface area (Å²) in [6.45, 7) is 8.71. The van der Waals surface area contributed by atoms with Gasteiger partial charge in [0.05, 0.1) is 6.04 Å². The highest BCUT2D eigenvalue weighted by Gasteiger charge is 2.28. The van der Waals surface area contributed by atoms with Gasteiger partial charge in [0.25, 0.3) is 5.91 Å². The first kappa shape index (κ1) is 15.9. The predicted molar refractivity (Wildman–Crippen MR) is 95.6 cm³/mol. The van der Waals surface area contributed by atoms with Crippen LogP contribution in [0.4, 0.5) is 0 Å². The highest BCUT2D eigenvalue weighted by atomic mass is 16.2. The molecule has 0 fully saturated rings. The van der Waals surface area contributed by atoms with Gasteiger partial charge in [0.1, 0.15) is 0 Å². The SMILES string of the molecule is [2H]C1(C)C=CN(CCC)C(C)=C1C(=O)N(C)C(C)c1ccccc1. The smallest absolute Gasteiger partial charge is 0.252 e. The van der Waals surface area contributed by atoms with E-state index in [4.69, 9.17) is 1.37 Å². The van der Waals surface area contributed by atoms with Crippen molar-refractivity contribution in [3.05, 3.63) is 59.4 Å². The van der Waals surface area contributed by atoms with Gasteiger partial charge in [-0.05, 0) is 25.8 Å². The van der Waals surface area contributed by atoms with E-state index < -0.39 is 5.89 Å². The standard InChI is InChI=1S/C20H28N2O/c1-6-13-22-14-12-15(2)19(17(22)4)20(23)21(5)16(3)18-10-8-7-9-11-18/h7-12,14-16H,6,13H2,1-5H3/i15D. The van der Waals surface area contributed by atoms with Crippen molar-refractivity contribution in [2.24, 2.45) is 5.89 Å². The van der Waals surface area contributed by atoms with Gasteiger partial charge in [0.2, 0.25) is 0 Å². The fourth-order valence-electron chi connectivity index (χ4n) is 2.94. The summed E-state index contributed by atoms with van der Waals surface area (Å²) in [6.07, 6.45) is 4.74. The van der Waals surface area contributed by atoms with Crippen molar-refractivity contribution < 1.29 is 6.17 Å². The minimum atomic E-state index is -1.00. The molecule has 1 aromatic rings. The van der Waals surface area contributed by atoms with E-state index in [9.17, 15) is 4.79 Å². The van der Waals surface area contributed by atoms with Gasteiger partial charge in [-0.25, -0.2) is 0 Å². The zero-order chi connectivity index (χ0) is 17.9. The van der Waals surface area contributed by atoms with Crippen LogP contribution in [0.1, 0.15) is 47.1 Å². The van der Waals surface area contributed by atoms with Crippen LogP contribution in [0.3, 0.4) is 0 Å². The van der Waals surface area contributed by atoms with Gasteiger partial charge in [0, 0.05) is 38.3 Å². The molecule has 1 aromatic carbocycles. The van der Waals surface area contributed by atoms with Crippen molar-refractivity contribution in [3.8, 4) is 0 Å². The van der Waals surface area contributed by atoms with Gasteiger partial charge in [-0.2, -0.15) is 0 Å². The van der Waals surface area contributed by atoms with E-state index in [0.717, 1.165) is 24.2 Å². The topological polar surface area (TPSA) is 23.6 Å². The summed E-state index contributed by atoms with van der Waals surface area (Å²) in [5, 5.41) is 0. The van der Waals surface area contributed by atoms with Gasteiger partial charge in [-0.3, -0.25) is 4.79 Å². The van der Waals surface area contributed by atoms with Gasteiger partial charge in [-0.1, -0.05) is 50.3 Å². The predicted octanol–water partition coefficient (Wildman–Crippen LogP) is 4.36. The average molecular weight is 313 g/mol. The number of likely N-dealkylation sites (N-methyl/N-ethyl adjacent to an activating group) is 1. The second-order valence-corrected chi connectivity index (χ2v) is 6.16. The van der Waals surface area contributed by atoms with Gasteiger partial charge in [-0.15, -0.1) is 0 Å². The summed E-state index contributed by atoms with van der Waals surface area (Å²) < 4.78 is 8.59. The van der Waals surface area contributed by atoms with Crippen molar-refractivity contribution in [2.75, 3.05) is 13.6 Å². The lowest BCUT2D eigenvalue weighted by Crippen LogP contribution is -2.36. The molecule has 124 valence electrons. The maximum atomic E-state index is 13.2. The van der Waals surface area contributed by atoms with Crippen LogP contribution in [0.5, 0.6) is 0 Å². The Morgan fingerprint density at radius 1 is 1.39 bits per heavy atom. The number of hydrogen-bond donors (Lipinski definition) is 0. The van der Waals surface area contributed by atoms with Crippen LogP contribution < -0.4 is 0 Å². The minimum Gasteiger partial charge on any atom is -0.352 e. The van der Waals surface area contributed by atoms with E-state index >= 15 is 0 Å². The Hall–Kier alpha value is -2.03. The molecule has 0 saturated heterocycles. The molecule has 2 atom stereocenters. The van der Waals surface area contributed by atoms with Crippen molar-refractivity contribution in [3.63, 3.8) is 0 Å². The summed E-state index contributed by atoms with van der Waals surface area (Å²) in [4.78, 5) is 17.0. The molecule has 0 N–H and O–H groups in total. The molecule has 23 heavy (non-hydrogen) atoms. The minimum absolute atomic E-state index is 0.0414. The maximum absolute atomic E-state index is 13.2. The molecule has 2 rings (SSSR count). The van der Waals surface area contributed by atoms with E-state index in [1.54, 1.807) is 11.8 Å². The molecular weight excluding hydrogens is 284 g/mol. The second-order valence-electron chi connectivity index (χ2n) is 6.16. The summed E-state index contributed by atoms with van der Waals surface area (Å²) in [5.74, 6) is -1.08. The molecule has 2 unspecified atom stereocenters. The third kappa shape index (κ3) is 3.66. The molecule has 1 aliphatic heterocycles. The lowest BCUT2D eigenvalue weighted by Gasteiger charge is -2.33. The van der Waals surface area contributed by atoms with E-state index in [0.29, 0.717) is 5.57 Å². The van der Waals surface area contributed by atoms with E-state index in [1.807, 2.05) is 63.5 Å². The number of rotatable bonds is 5. The summed E-state index contributed by atoms with van der Waals surface area (Å²) >= 11 is 0. The Balaban J connectivity index is 2.33. The Labute approximate surface area is 141 Å². The molecule has 1 aliphatic rings. The molecule has 0 radical (unpaired) electrons. The van der Waals surface area contributed by atoms with Crippen molar-refractivity contribution in [2.45, 2.75) is 40.2 Å². The molecule has 1 amide bonds. The molecule has 0 bridgehead atoms. The van der Waals surface area contributed by atoms with Crippen LogP contribution in [0.25, 0.3) is 0 Å². The first-order valence-electron chi connectivity index (χ1n) is 8.79. The van der Waals surface area contributed by atoms with Crippen LogP contribution in [-0.2, 0) is 4.79 Å². The Morgan fingerprint density at radius 3 is 2.65 bits per heavy atom. The van der Waals surface area contributed by atoms with Crippen LogP contribution >= 0.6 is 0 Å². The Bertz CT molecular complexity index is 649. The normalized spacial score (nSPS) is 22.8. The fourth-order valence-corrected chi connectivity index (χ4v) is 2.94.